The fraction of sp³-hybridized carbons (Fsp3) is 0.364. The lowest BCUT2D eigenvalue weighted by atomic mass is 10.2. The Hall–Kier alpha value is -1.11. The minimum absolute atomic E-state index is 0.599. The lowest BCUT2D eigenvalue weighted by molar-refractivity contribution is 0.832. The van der Waals surface area contributed by atoms with Gasteiger partial charge in [0.15, 0.2) is 0 Å². The molecule has 0 fully saturated rings. The van der Waals surface area contributed by atoms with Crippen molar-refractivity contribution in [2.75, 3.05) is 0 Å². The zero-order valence-electron chi connectivity index (χ0n) is 8.04. The zero-order chi connectivity index (χ0) is 9.40. The molecular formula is C11H17N. The third-order valence-electron chi connectivity index (χ3n) is 1.31. The molecule has 0 radical (unpaired) electrons. The predicted molar refractivity (Wildman–Crippen MR) is 55.7 cm³/mol. The smallest absolute Gasteiger partial charge is 0.0180 e. The highest BCUT2D eigenvalue weighted by molar-refractivity contribution is 5.69. The summed E-state index contributed by atoms with van der Waals surface area (Å²) < 4.78 is 0. The number of hydrogen-bond acceptors (Lipinski definition) is 1. The van der Waals surface area contributed by atoms with Gasteiger partial charge in [-0.05, 0) is 24.5 Å². The Kier molecular flexibility index (Phi) is 5.98. The van der Waals surface area contributed by atoms with Crippen molar-refractivity contribution in [3.63, 3.8) is 0 Å². The molecule has 0 atom stereocenters. The van der Waals surface area contributed by atoms with Crippen LogP contribution in [-0.4, -0.2) is 6.21 Å². The van der Waals surface area contributed by atoms with E-state index in [4.69, 9.17) is 5.41 Å². The Morgan fingerprint density at radius 2 is 1.92 bits per heavy atom. The van der Waals surface area contributed by atoms with E-state index >= 15 is 0 Å². The van der Waals surface area contributed by atoms with Gasteiger partial charge >= 0.3 is 0 Å². The Bertz CT molecular complexity index is 207. The van der Waals surface area contributed by atoms with Crippen molar-refractivity contribution in [3.8, 4) is 0 Å². The highest BCUT2D eigenvalue weighted by atomic mass is 14.3. The molecule has 1 N–H and O–H groups in total. The summed E-state index contributed by atoms with van der Waals surface area (Å²) >= 11 is 0. The van der Waals surface area contributed by atoms with Crippen LogP contribution in [0.15, 0.2) is 36.0 Å². The van der Waals surface area contributed by atoms with Crippen LogP contribution in [0.2, 0.25) is 0 Å². The summed E-state index contributed by atoms with van der Waals surface area (Å²) in [5.74, 6) is 0.599. The average molecular weight is 163 g/mol. The summed E-state index contributed by atoms with van der Waals surface area (Å²) in [6, 6.07) is 0. The molecule has 0 aliphatic heterocycles. The third kappa shape index (κ3) is 7.00. The Balaban J connectivity index is 3.91. The van der Waals surface area contributed by atoms with Crippen LogP contribution >= 0.6 is 0 Å². The summed E-state index contributed by atoms with van der Waals surface area (Å²) in [5, 5.41) is 6.83. The second-order valence-corrected chi connectivity index (χ2v) is 3.07. The van der Waals surface area contributed by atoms with Crippen LogP contribution in [0.4, 0.5) is 0 Å². The molecule has 0 amide bonds. The van der Waals surface area contributed by atoms with E-state index in [9.17, 15) is 0 Å². The van der Waals surface area contributed by atoms with Crippen molar-refractivity contribution >= 4 is 6.21 Å². The maximum Gasteiger partial charge on any atom is 0.0180 e. The maximum atomic E-state index is 6.83. The largest absolute Gasteiger partial charge is 0.309 e. The fourth-order valence-electron chi connectivity index (χ4n) is 0.681. The molecule has 1 heteroatoms. The van der Waals surface area contributed by atoms with E-state index in [0.717, 1.165) is 5.57 Å². The van der Waals surface area contributed by atoms with Crippen LogP contribution in [0.25, 0.3) is 0 Å². The third-order valence-corrected chi connectivity index (χ3v) is 1.31. The van der Waals surface area contributed by atoms with Gasteiger partial charge in [0.2, 0.25) is 0 Å². The van der Waals surface area contributed by atoms with E-state index in [1.807, 2.05) is 25.2 Å². The molecule has 0 aromatic rings. The molecule has 0 rings (SSSR count). The maximum absolute atomic E-state index is 6.83. The Morgan fingerprint density at radius 3 is 2.42 bits per heavy atom. The second kappa shape index (κ2) is 6.59. The van der Waals surface area contributed by atoms with E-state index in [-0.39, 0.29) is 0 Å². The number of rotatable bonds is 4. The van der Waals surface area contributed by atoms with Crippen molar-refractivity contribution < 1.29 is 0 Å². The highest BCUT2D eigenvalue weighted by Gasteiger charge is 1.80. The summed E-state index contributed by atoms with van der Waals surface area (Å²) in [7, 11) is 0. The minimum atomic E-state index is 0.599. The Morgan fingerprint density at radius 1 is 1.25 bits per heavy atom. The van der Waals surface area contributed by atoms with Crippen molar-refractivity contribution in [3.05, 3.63) is 36.0 Å². The zero-order valence-corrected chi connectivity index (χ0v) is 8.04. The van der Waals surface area contributed by atoms with Crippen LogP contribution in [-0.2, 0) is 0 Å². The first-order chi connectivity index (χ1) is 5.66. The molecule has 0 saturated carbocycles. The molecule has 0 aliphatic rings. The molecular weight excluding hydrogens is 146 g/mol. The standard InChI is InChI=1S/C11H17N/c1-10(2)6-4-5-7-11(3)8-9-12/h4-10,12H,1-3H3/b6-4-,7-5-,11-8+,12-9?. The van der Waals surface area contributed by atoms with Gasteiger partial charge in [-0.25, -0.2) is 0 Å². The van der Waals surface area contributed by atoms with Gasteiger partial charge in [-0.15, -0.1) is 0 Å². The normalized spacial score (nSPS) is 13.5. The lowest BCUT2D eigenvalue weighted by Crippen LogP contribution is -1.75. The van der Waals surface area contributed by atoms with Gasteiger partial charge in [0.1, 0.15) is 0 Å². The van der Waals surface area contributed by atoms with Gasteiger partial charge in [0.05, 0.1) is 0 Å². The van der Waals surface area contributed by atoms with Crippen LogP contribution in [0, 0.1) is 11.3 Å². The molecule has 66 valence electrons. The SMILES string of the molecule is CC(/C=C\C=C/C(C)C)=C\C=N. The fourth-order valence-corrected chi connectivity index (χ4v) is 0.681. The first kappa shape index (κ1) is 10.9. The van der Waals surface area contributed by atoms with E-state index in [1.54, 1.807) is 6.08 Å². The number of nitrogens with one attached hydrogen (secondary N) is 1. The first-order valence-corrected chi connectivity index (χ1v) is 4.19. The highest BCUT2D eigenvalue weighted by Crippen LogP contribution is 1.96. The lowest BCUT2D eigenvalue weighted by Gasteiger charge is -1.89. The monoisotopic (exact) mass is 163 g/mol. The molecule has 0 heterocycles. The molecule has 0 spiro atoms. The predicted octanol–water partition coefficient (Wildman–Crippen LogP) is 3.35. The summed E-state index contributed by atoms with van der Waals surface area (Å²) in [6.07, 6.45) is 11.2. The second-order valence-electron chi connectivity index (χ2n) is 3.07. The molecule has 0 aromatic carbocycles. The molecule has 0 aliphatic carbocycles. The molecule has 0 saturated heterocycles. The number of allylic oxidation sites excluding steroid dienone is 6. The van der Waals surface area contributed by atoms with Gasteiger partial charge in [-0.3, -0.25) is 0 Å². The topological polar surface area (TPSA) is 23.9 Å². The van der Waals surface area contributed by atoms with Crippen molar-refractivity contribution in [2.24, 2.45) is 5.92 Å². The van der Waals surface area contributed by atoms with Gasteiger partial charge in [0.25, 0.3) is 0 Å². The van der Waals surface area contributed by atoms with Crippen LogP contribution in [0.5, 0.6) is 0 Å². The average Bonchev–Trinajstić information content (AvgIpc) is 1.98. The van der Waals surface area contributed by atoms with Crippen LogP contribution in [0.1, 0.15) is 20.8 Å². The van der Waals surface area contributed by atoms with E-state index in [1.165, 1.54) is 6.21 Å². The summed E-state index contributed by atoms with van der Waals surface area (Å²) in [4.78, 5) is 0. The summed E-state index contributed by atoms with van der Waals surface area (Å²) in [5.41, 5.74) is 1.10. The van der Waals surface area contributed by atoms with Crippen LogP contribution in [0.3, 0.4) is 0 Å². The molecule has 1 nitrogen and oxygen atoms in total. The van der Waals surface area contributed by atoms with E-state index in [2.05, 4.69) is 19.9 Å². The minimum Gasteiger partial charge on any atom is -0.309 e. The van der Waals surface area contributed by atoms with Gasteiger partial charge in [0, 0.05) is 6.21 Å². The van der Waals surface area contributed by atoms with Gasteiger partial charge in [-0.2, -0.15) is 0 Å². The molecule has 12 heavy (non-hydrogen) atoms. The van der Waals surface area contributed by atoms with Crippen LogP contribution < -0.4 is 0 Å². The summed E-state index contributed by atoms with van der Waals surface area (Å²) in [6.45, 7) is 6.26. The molecule has 0 unspecified atom stereocenters. The van der Waals surface area contributed by atoms with Crippen molar-refractivity contribution in [2.45, 2.75) is 20.8 Å². The van der Waals surface area contributed by atoms with E-state index < -0.39 is 0 Å². The van der Waals surface area contributed by atoms with E-state index in [0.29, 0.717) is 5.92 Å². The quantitative estimate of drug-likeness (QED) is 0.485. The molecule has 0 bridgehead atoms. The van der Waals surface area contributed by atoms with Crippen molar-refractivity contribution in [1.82, 2.24) is 0 Å². The first-order valence-electron chi connectivity index (χ1n) is 4.19. The molecule has 0 aromatic heterocycles. The number of hydrogen-bond donors (Lipinski definition) is 1. The van der Waals surface area contributed by atoms with Gasteiger partial charge < -0.3 is 5.41 Å². The van der Waals surface area contributed by atoms with Gasteiger partial charge in [-0.1, -0.05) is 38.2 Å². The Labute approximate surface area is 75.0 Å². The van der Waals surface area contributed by atoms with Crippen molar-refractivity contribution in [1.29, 1.82) is 5.41 Å².